The smallest absolute Gasteiger partial charge is 0.0624 e. The Morgan fingerprint density at radius 2 is 1.93 bits per heavy atom. The fraction of sp³-hybridized carbons (Fsp3) is 1.00. The molecular weight excluding hydrogens is 206 g/mol. The van der Waals surface area contributed by atoms with Crippen LogP contribution in [0.2, 0.25) is 0 Å². The van der Waals surface area contributed by atoms with Crippen LogP contribution in [0.15, 0.2) is 0 Å². The van der Waals surface area contributed by atoms with Crippen LogP contribution in [-0.2, 0) is 0 Å². The highest BCUT2D eigenvalue weighted by Gasteiger charge is 2.44. The van der Waals surface area contributed by atoms with Gasteiger partial charge < -0.3 is 10.4 Å². The Labute approximate surface area is 97.2 Å². The number of rotatable bonds is 6. The standard InChI is InChI=1S/C12H23NOS/c1-13-12(8-14,10-6-7-10)9-15-11-4-2-3-5-11/h10-11,13-14H,2-9H2,1H3. The fourth-order valence-electron chi connectivity index (χ4n) is 2.61. The van der Waals surface area contributed by atoms with Gasteiger partial charge in [-0.15, -0.1) is 0 Å². The van der Waals surface area contributed by atoms with Gasteiger partial charge in [0.2, 0.25) is 0 Å². The Balaban J connectivity index is 1.82. The number of nitrogens with one attached hydrogen (secondary N) is 1. The van der Waals surface area contributed by atoms with Gasteiger partial charge in [0, 0.05) is 11.0 Å². The molecule has 1 unspecified atom stereocenters. The van der Waals surface area contributed by atoms with Gasteiger partial charge in [0.05, 0.1) is 12.1 Å². The number of aliphatic hydroxyl groups is 1. The molecule has 88 valence electrons. The minimum atomic E-state index is 0.0211. The lowest BCUT2D eigenvalue weighted by molar-refractivity contribution is 0.167. The molecule has 0 aliphatic heterocycles. The topological polar surface area (TPSA) is 32.3 Å². The summed E-state index contributed by atoms with van der Waals surface area (Å²) in [6.45, 7) is 0.299. The SMILES string of the molecule is CNC(CO)(CSC1CCCC1)C1CC1. The summed E-state index contributed by atoms with van der Waals surface area (Å²) in [6, 6.07) is 0. The van der Waals surface area contributed by atoms with E-state index < -0.39 is 0 Å². The van der Waals surface area contributed by atoms with Gasteiger partial charge >= 0.3 is 0 Å². The first-order chi connectivity index (χ1) is 7.30. The summed E-state index contributed by atoms with van der Waals surface area (Å²) in [5.74, 6) is 1.82. The van der Waals surface area contributed by atoms with Crippen LogP contribution in [0.1, 0.15) is 38.5 Å². The van der Waals surface area contributed by atoms with Crippen LogP contribution in [0.3, 0.4) is 0 Å². The summed E-state index contributed by atoms with van der Waals surface area (Å²) in [7, 11) is 2.00. The zero-order chi connectivity index (χ0) is 10.7. The van der Waals surface area contributed by atoms with Crippen LogP contribution >= 0.6 is 11.8 Å². The van der Waals surface area contributed by atoms with E-state index in [0.717, 1.165) is 16.9 Å². The minimum Gasteiger partial charge on any atom is -0.394 e. The van der Waals surface area contributed by atoms with Crippen molar-refractivity contribution in [1.29, 1.82) is 0 Å². The van der Waals surface area contributed by atoms with Gasteiger partial charge in [-0.1, -0.05) is 12.8 Å². The Bertz CT molecular complexity index is 196. The van der Waals surface area contributed by atoms with Crippen molar-refractivity contribution in [2.45, 2.75) is 49.3 Å². The summed E-state index contributed by atoms with van der Waals surface area (Å²) in [6.07, 6.45) is 8.19. The third-order valence-corrected chi connectivity index (χ3v) is 5.64. The Kier molecular flexibility index (Phi) is 3.97. The minimum absolute atomic E-state index is 0.0211. The lowest BCUT2D eigenvalue weighted by Crippen LogP contribution is -2.51. The number of thioether (sulfide) groups is 1. The molecule has 0 saturated heterocycles. The van der Waals surface area contributed by atoms with E-state index in [9.17, 15) is 5.11 Å². The van der Waals surface area contributed by atoms with Crippen LogP contribution in [0.5, 0.6) is 0 Å². The number of likely N-dealkylation sites (N-methyl/N-ethyl adjacent to an activating group) is 1. The molecule has 0 aromatic heterocycles. The van der Waals surface area contributed by atoms with Gasteiger partial charge in [0.25, 0.3) is 0 Å². The molecule has 2 aliphatic carbocycles. The number of aliphatic hydroxyl groups excluding tert-OH is 1. The monoisotopic (exact) mass is 229 g/mol. The molecule has 0 bridgehead atoms. The Hall–Kier alpha value is 0.270. The zero-order valence-electron chi connectivity index (χ0n) is 9.67. The van der Waals surface area contributed by atoms with Gasteiger partial charge in [0.15, 0.2) is 0 Å². The molecule has 0 aromatic rings. The van der Waals surface area contributed by atoms with Crippen molar-refractivity contribution in [1.82, 2.24) is 5.32 Å². The summed E-state index contributed by atoms with van der Waals surface area (Å²) < 4.78 is 0. The molecule has 2 saturated carbocycles. The van der Waals surface area contributed by atoms with E-state index in [1.54, 1.807) is 0 Å². The van der Waals surface area contributed by atoms with Crippen LogP contribution in [-0.4, -0.2) is 35.3 Å². The van der Waals surface area contributed by atoms with E-state index in [0.29, 0.717) is 6.61 Å². The second-order valence-electron chi connectivity index (χ2n) is 5.06. The second kappa shape index (κ2) is 5.07. The molecule has 2 aliphatic rings. The van der Waals surface area contributed by atoms with E-state index in [2.05, 4.69) is 17.1 Å². The maximum Gasteiger partial charge on any atom is 0.0624 e. The van der Waals surface area contributed by atoms with Gasteiger partial charge in [-0.25, -0.2) is 0 Å². The quantitative estimate of drug-likeness (QED) is 0.731. The second-order valence-corrected chi connectivity index (χ2v) is 6.34. The van der Waals surface area contributed by atoms with Gasteiger partial charge in [-0.3, -0.25) is 0 Å². The van der Waals surface area contributed by atoms with E-state index in [4.69, 9.17) is 0 Å². The Morgan fingerprint density at radius 1 is 1.27 bits per heavy atom. The highest BCUT2D eigenvalue weighted by molar-refractivity contribution is 8.00. The zero-order valence-corrected chi connectivity index (χ0v) is 10.5. The molecule has 2 rings (SSSR count). The molecule has 2 nitrogen and oxygen atoms in total. The van der Waals surface area contributed by atoms with Crippen molar-refractivity contribution in [2.75, 3.05) is 19.4 Å². The number of hydrogen-bond acceptors (Lipinski definition) is 3. The molecule has 0 amide bonds. The van der Waals surface area contributed by atoms with Crippen molar-refractivity contribution in [3.05, 3.63) is 0 Å². The molecule has 0 aromatic carbocycles. The van der Waals surface area contributed by atoms with E-state index >= 15 is 0 Å². The van der Waals surface area contributed by atoms with Crippen LogP contribution in [0, 0.1) is 5.92 Å². The first-order valence-electron chi connectivity index (χ1n) is 6.22. The van der Waals surface area contributed by atoms with Gasteiger partial charge in [-0.2, -0.15) is 11.8 Å². The maximum absolute atomic E-state index is 9.59. The summed E-state index contributed by atoms with van der Waals surface area (Å²) >= 11 is 2.09. The third-order valence-electron chi connectivity index (χ3n) is 4.02. The molecule has 1 atom stereocenters. The highest BCUT2D eigenvalue weighted by atomic mass is 32.2. The third kappa shape index (κ3) is 2.69. The van der Waals surface area contributed by atoms with Crippen molar-refractivity contribution >= 4 is 11.8 Å². The van der Waals surface area contributed by atoms with E-state index in [1.165, 1.54) is 38.5 Å². The maximum atomic E-state index is 9.59. The predicted molar refractivity (Wildman–Crippen MR) is 66.3 cm³/mol. The van der Waals surface area contributed by atoms with Crippen LogP contribution in [0.4, 0.5) is 0 Å². The van der Waals surface area contributed by atoms with Crippen molar-refractivity contribution < 1.29 is 5.11 Å². The molecule has 2 N–H and O–H groups in total. The fourth-order valence-corrected chi connectivity index (χ4v) is 4.28. The number of hydrogen-bond donors (Lipinski definition) is 2. The molecule has 2 fully saturated rings. The lowest BCUT2D eigenvalue weighted by atomic mass is 9.97. The molecule has 0 radical (unpaired) electrons. The first kappa shape index (κ1) is 11.7. The summed E-state index contributed by atoms with van der Waals surface area (Å²) in [5, 5.41) is 13.8. The van der Waals surface area contributed by atoms with Gasteiger partial charge in [-0.05, 0) is 38.6 Å². The first-order valence-corrected chi connectivity index (χ1v) is 7.27. The van der Waals surface area contributed by atoms with Crippen molar-refractivity contribution in [2.24, 2.45) is 5.92 Å². The summed E-state index contributed by atoms with van der Waals surface area (Å²) in [4.78, 5) is 0. The van der Waals surface area contributed by atoms with E-state index in [1.807, 2.05) is 7.05 Å². The molecule has 15 heavy (non-hydrogen) atoms. The van der Waals surface area contributed by atoms with Crippen molar-refractivity contribution in [3.63, 3.8) is 0 Å². The molecular formula is C12H23NOS. The summed E-state index contributed by atoms with van der Waals surface area (Å²) in [5.41, 5.74) is 0.0211. The van der Waals surface area contributed by atoms with Crippen molar-refractivity contribution in [3.8, 4) is 0 Å². The molecule has 3 heteroatoms. The largest absolute Gasteiger partial charge is 0.394 e. The van der Waals surface area contributed by atoms with E-state index in [-0.39, 0.29) is 5.54 Å². The van der Waals surface area contributed by atoms with Gasteiger partial charge in [0.1, 0.15) is 0 Å². The molecule has 0 heterocycles. The van der Waals surface area contributed by atoms with Crippen LogP contribution in [0.25, 0.3) is 0 Å². The average Bonchev–Trinajstić information content (AvgIpc) is 2.99. The Morgan fingerprint density at radius 3 is 2.40 bits per heavy atom. The van der Waals surface area contributed by atoms with Crippen LogP contribution < -0.4 is 5.32 Å². The lowest BCUT2D eigenvalue weighted by Gasteiger charge is -2.32. The predicted octanol–water partition coefficient (Wildman–Crippen LogP) is 2.02. The normalized spacial score (nSPS) is 26.8. The molecule has 0 spiro atoms. The highest BCUT2D eigenvalue weighted by Crippen LogP contribution is 2.42. The average molecular weight is 229 g/mol.